The predicted octanol–water partition coefficient (Wildman–Crippen LogP) is 5.39. The molecule has 0 aromatic rings. The lowest BCUT2D eigenvalue weighted by molar-refractivity contribution is -0.142. The molecule has 1 saturated heterocycles. The van der Waals surface area contributed by atoms with E-state index in [0.29, 0.717) is 36.8 Å². The Bertz CT molecular complexity index is 616. The Labute approximate surface area is 164 Å². The number of hydrogen-bond donors (Lipinski definition) is 0. The average molecular weight is 370 g/mol. The van der Waals surface area contributed by atoms with E-state index in [1.165, 1.54) is 25.7 Å². The fourth-order valence-corrected chi connectivity index (χ4v) is 5.36. The van der Waals surface area contributed by atoms with E-state index in [0.717, 1.165) is 24.5 Å². The first kappa shape index (κ1) is 20.1. The third-order valence-corrected chi connectivity index (χ3v) is 6.55. The number of cyclic esters (lactones) is 1. The van der Waals surface area contributed by atoms with Crippen molar-refractivity contribution in [2.75, 3.05) is 13.2 Å². The summed E-state index contributed by atoms with van der Waals surface area (Å²) >= 11 is 0. The smallest absolute Gasteiger partial charge is 0.309 e. The van der Waals surface area contributed by atoms with Gasteiger partial charge in [-0.2, -0.15) is 0 Å². The molecule has 2 saturated carbocycles. The first-order valence-electron chi connectivity index (χ1n) is 10.8. The van der Waals surface area contributed by atoms with Crippen LogP contribution in [0.1, 0.15) is 52.4 Å². The lowest BCUT2D eigenvalue weighted by Gasteiger charge is -2.44. The predicted molar refractivity (Wildman–Crippen MR) is 112 cm³/mol. The number of allylic oxidation sites excluding steroid dienone is 4. The minimum Gasteiger partial charge on any atom is -0.465 e. The molecule has 3 rings (SSSR count). The van der Waals surface area contributed by atoms with Crippen LogP contribution in [0.5, 0.6) is 0 Å². The van der Waals surface area contributed by atoms with E-state index < -0.39 is 0 Å². The van der Waals surface area contributed by atoms with Gasteiger partial charge in [-0.1, -0.05) is 64.0 Å². The normalized spacial score (nSPS) is 34.1. The maximum atomic E-state index is 12.2. The van der Waals surface area contributed by atoms with Crippen molar-refractivity contribution in [3.8, 4) is 0 Å². The standard InChI is InChI=1S/C24H35NO2/c1-4-5-10-19(14-17(2)3)25-13-8-12-21-20-11-7-6-9-18(20)15-22-23(21)16-27-24(22)26/h4-5,8,10,12,17-18,20-23H,1,6-7,9,11,13-16H2,2-3H3/b10-5-,12-8+,25-19?/t18?,20-,21?,22?,23?/m0/s1. The Balaban J connectivity index is 1.69. The molecule has 0 aromatic heterocycles. The zero-order chi connectivity index (χ0) is 19.2. The highest BCUT2D eigenvalue weighted by Gasteiger charge is 2.50. The molecule has 0 bridgehead atoms. The van der Waals surface area contributed by atoms with Gasteiger partial charge in [0, 0.05) is 11.6 Å². The van der Waals surface area contributed by atoms with Gasteiger partial charge in [-0.05, 0) is 49.0 Å². The largest absolute Gasteiger partial charge is 0.465 e. The second-order valence-corrected chi connectivity index (χ2v) is 8.87. The third kappa shape index (κ3) is 5.00. The molecule has 3 fully saturated rings. The lowest BCUT2D eigenvalue weighted by atomic mass is 9.58. The second-order valence-electron chi connectivity index (χ2n) is 8.87. The molecule has 2 aliphatic carbocycles. The fraction of sp³-hybridized carbons (Fsp3) is 0.667. The molecule has 3 heteroatoms. The van der Waals surface area contributed by atoms with Crippen molar-refractivity contribution in [2.24, 2.45) is 40.5 Å². The van der Waals surface area contributed by atoms with Gasteiger partial charge in [-0.25, -0.2) is 0 Å². The number of carbonyl (C=O) groups is 1. The van der Waals surface area contributed by atoms with Crippen LogP contribution in [0.2, 0.25) is 0 Å². The molecule has 0 spiro atoms. The van der Waals surface area contributed by atoms with Crippen molar-refractivity contribution in [2.45, 2.75) is 52.4 Å². The number of aliphatic imine (C=N–C) groups is 1. The maximum absolute atomic E-state index is 12.2. The van der Waals surface area contributed by atoms with Gasteiger partial charge in [0.05, 0.1) is 19.1 Å². The average Bonchev–Trinajstić information content (AvgIpc) is 3.02. The summed E-state index contributed by atoms with van der Waals surface area (Å²) in [5.41, 5.74) is 1.13. The highest BCUT2D eigenvalue weighted by atomic mass is 16.5. The number of fused-ring (bicyclic) bond motifs is 2. The van der Waals surface area contributed by atoms with Gasteiger partial charge >= 0.3 is 5.97 Å². The molecule has 1 aliphatic heterocycles. The van der Waals surface area contributed by atoms with E-state index >= 15 is 0 Å². The number of ether oxygens (including phenoxy) is 1. The molecule has 0 amide bonds. The van der Waals surface area contributed by atoms with Crippen LogP contribution in [0.25, 0.3) is 0 Å². The van der Waals surface area contributed by atoms with Gasteiger partial charge in [0.15, 0.2) is 0 Å². The molecule has 27 heavy (non-hydrogen) atoms. The molecular weight excluding hydrogens is 334 g/mol. The van der Waals surface area contributed by atoms with Gasteiger partial charge < -0.3 is 4.74 Å². The van der Waals surface area contributed by atoms with Gasteiger partial charge in [-0.15, -0.1) is 0 Å². The fourth-order valence-electron chi connectivity index (χ4n) is 5.36. The summed E-state index contributed by atoms with van der Waals surface area (Å²) in [5.74, 6) is 3.07. The van der Waals surface area contributed by atoms with Gasteiger partial charge in [0.2, 0.25) is 0 Å². The van der Waals surface area contributed by atoms with Crippen LogP contribution >= 0.6 is 0 Å². The molecule has 4 unspecified atom stereocenters. The number of carbonyl (C=O) groups excluding carboxylic acids is 1. The van der Waals surface area contributed by atoms with Gasteiger partial charge in [0.1, 0.15) is 0 Å². The van der Waals surface area contributed by atoms with Crippen LogP contribution in [0, 0.1) is 35.5 Å². The lowest BCUT2D eigenvalue weighted by Crippen LogP contribution is -2.41. The van der Waals surface area contributed by atoms with E-state index in [1.807, 2.05) is 6.08 Å². The van der Waals surface area contributed by atoms with Crippen LogP contribution in [0.3, 0.4) is 0 Å². The quantitative estimate of drug-likeness (QED) is 0.261. The van der Waals surface area contributed by atoms with E-state index in [4.69, 9.17) is 9.73 Å². The minimum absolute atomic E-state index is 0.0502. The molecule has 0 radical (unpaired) electrons. The number of hydrogen-bond acceptors (Lipinski definition) is 3. The summed E-state index contributed by atoms with van der Waals surface area (Å²) in [6, 6.07) is 0. The molecule has 5 atom stereocenters. The van der Waals surface area contributed by atoms with E-state index in [9.17, 15) is 4.79 Å². The van der Waals surface area contributed by atoms with E-state index in [1.54, 1.807) is 6.08 Å². The zero-order valence-corrected chi connectivity index (χ0v) is 17.0. The Hall–Kier alpha value is -1.64. The first-order chi connectivity index (χ1) is 13.1. The highest BCUT2D eigenvalue weighted by Crippen LogP contribution is 2.51. The van der Waals surface area contributed by atoms with Crippen LogP contribution in [0.4, 0.5) is 0 Å². The topological polar surface area (TPSA) is 38.7 Å². The Morgan fingerprint density at radius 2 is 2.11 bits per heavy atom. The summed E-state index contributed by atoms with van der Waals surface area (Å²) in [4.78, 5) is 17.0. The summed E-state index contributed by atoms with van der Waals surface area (Å²) in [6.45, 7) is 9.51. The summed E-state index contributed by atoms with van der Waals surface area (Å²) in [6.07, 6.45) is 17.7. The molecule has 0 N–H and O–H groups in total. The van der Waals surface area contributed by atoms with Crippen LogP contribution in [0.15, 0.2) is 42.0 Å². The van der Waals surface area contributed by atoms with Crippen LogP contribution in [-0.4, -0.2) is 24.8 Å². The molecule has 3 nitrogen and oxygen atoms in total. The molecule has 3 aliphatic rings. The Morgan fingerprint density at radius 1 is 1.30 bits per heavy atom. The van der Waals surface area contributed by atoms with Crippen molar-refractivity contribution in [1.29, 1.82) is 0 Å². The van der Waals surface area contributed by atoms with Gasteiger partial charge in [0.25, 0.3) is 0 Å². The number of nitrogens with zero attached hydrogens (tertiary/aromatic N) is 1. The zero-order valence-electron chi connectivity index (χ0n) is 17.0. The SMILES string of the molecule is C=C/C=C\C(CC(C)C)=NC/C=C/C1C2COC(=O)C2CC2CCCC[C@@H]21. The molecule has 148 valence electrons. The van der Waals surface area contributed by atoms with Crippen LogP contribution in [-0.2, 0) is 9.53 Å². The Morgan fingerprint density at radius 3 is 2.89 bits per heavy atom. The third-order valence-electron chi connectivity index (χ3n) is 6.55. The molecular formula is C24H35NO2. The Kier molecular flexibility index (Phi) is 7.09. The van der Waals surface area contributed by atoms with Crippen LogP contribution < -0.4 is 0 Å². The monoisotopic (exact) mass is 369 g/mol. The minimum atomic E-state index is 0.0502. The number of rotatable bonds is 7. The highest BCUT2D eigenvalue weighted by molar-refractivity contribution is 5.95. The van der Waals surface area contributed by atoms with E-state index in [2.05, 4.69) is 38.7 Å². The van der Waals surface area contributed by atoms with Crippen molar-refractivity contribution in [3.05, 3.63) is 37.0 Å². The summed E-state index contributed by atoms with van der Waals surface area (Å²) in [5, 5.41) is 0. The molecule has 0 aromatic carbocycles. The number of esters is 1. The van der Waals surface area contributed by atoms with Crippen molar-refractivity contribution >= 4 is 11.7 Å². The summed E-state index contributed by atoms with van der Waals surface area (Å²) in [7, 11) is 0. The second kappa shape index (κ2) is 9.52. The maximum Gasteiger partial charge on any atom is 0.309 e. The van der Waals surface area contributed by atoms with E-state index in [-0.39, 0.29) is 11.9 Å². The van der Waals surface area contributed by atoms with Gasteiger partial charge in [-0.3, -0.25) is 9.79 Å². The van der Waals surface area contributed by atoms with Crippen molar-refractivity contribution < 1.29 is 9.53 Å². The molecule has 1 heterocycles. The summed E-state index contributed by atoms with van der Waals surface area (Å²) < 4.78 is 5.45. The van der Waals surface area contributed by atoms with Crippen molar-refractivity contribution in [1.82, 2.24) is 0 Å². The van der Waals surface area contributed by atoms with Crippen molar-refractivity contribution in [3.63, 3.8) is 0 Å². The first-order valence-corrected chi connectivity index (χ1v) is 10.8.